The van der Waals surface area contributed by atoms with E-state index in [-0.39, 0.29) is 23.9 Å². The van der Waals surface area contributed by atoms with Gasteiger partial charge in [0.15, 0.2) is 8.32 Å². The van der Waals surface area contributed by atoms with Gasteiger partial charge in [-0.25, -0.2) is 4.79 Å². The van der Waals surface area contributed by atoms with Crippen LogP contribution in [0.1, 0.15) is 44.5 Å². The molecule has 0 aliphatic carbocycles. The lowest BCUT2D eigenvalue weighted by atomic mass is 10.1. The smallest absolute Gasteiger partial charge is 0.330 e. The second-order valence-electron chi connectivity index (χ2n) is 10.2. The van der Waals surface area contributed by atoms with E-state index in [1.807, 2.05) is 0 Å². The van der Waals surface area contributed by atoms with E-state index in [1.165, 1.54) is 16.8 Å². The second-order valence-corrected chi connectivity index (χ2v) is 15.0. The highest BCUT2D eigenvalue weighted by atomic mass is 28.4. The van der Waals surface area contributed by atoms with Gasteiger partial charge in [0.05, 0.1) is 29.8 Å². The van der Waals surface area contributed by atoms with Crippen LogP contribution in [0.15, 0.2) is 40.1 Å². The zero-order valence-corrected chi connectivity index (χ0v) is 21.5. The van der Waals surface area contributed by atoms with E-state index >= 15 is 0 Å². The molecule has 34 heavy (non-hydrogen) atoms. The van der Waals surface area contributed by atoms with Crippen molar-refractivity contribution in [2.45, 2.75) is 77.3 Å². The summed E-state index contributed by atoms with van der Waals surface area (Å²) in [6.07, 6.45) is 0.195. The quantitative estimate of drug-likeness (QED) is 0.339. The number of benzene rings is 1. The fraction of sp³-hybridized carbons (Fsp3) is 0.565. The van der Waals surface area contributed by atoms with Gasteiger partial charge in [-0.3, -0.25) is 24.5 Å². The molecule has 1 saturated heterocycles. The molecule has 11 heteroatoms. The van der Waals surface area contributed by atoms with Gasteiger partial charge in [0, 0.05) is 24.2 Å². The lowest BCUT2D eigenvalue weighted by Crippen LogP contribution is -2.44. The Hall–Kier alpha value is -2.60. The van der Waals surface area contributed by atoms with Crippen molar-refractivity contribution < 1.29 is 18.8 Å². The molecule has 1 N–H and O–H groups in total. The molecular weight excluding hydrogens is 458 g/mol. The van der Waals surface area contributed by atoms with Crippen molar-refractivity contribution in [3.8, 4) is 0 Å². The number of nitro groups is 1. The molecule has 3 rings (SSSR count). The molecule has 1 aromatic carbocycles. The maximum atomic E-state index is 12.4. The fourth-order valence-electron chi connectivity index (χ4n) is 3.51. The molecule has 1 aliphatic rings. The van der Waals surface area contributed by atoms with Crippen molar-refractivity contribution >= 4 is 14.0 Å². The Morgan fingerprint density at radius 3 is 2.59 bits per heavy atom. The third-order valence-electron chi connectivity index (χ3n) is 6.69. The Balaban J connectivity index is 1.83. The summed E-state index contributed by atoms with van der Waals surface area (Å²) in [7, 11) is -2.08. The van der Waals surface area contributed by atoms with Gasteiger partial charge < -0.3 is 13.9 Å². The van der Waals surface area contributed by atoms with Crippen molar-refractivity contribution in [3.63, 3.8) is 0 Å². The molecule has 1 aromatic heterocycles. The standard InChI is InChI=1S/C23H33N3O7Si/c1-15-12-25(22(28)24-21(15)27)20-11-18(19(33-20)14-32-34(5,6)23(2,3)4)31-13-16-9-7-8-10-17(16)26(29)30/h7-10,12,18-20H,11,13-14H2,1-6H3,(H,24,27,28)/t18-,19+,20+/m0/s1. The van der Waals surface area contributed by atoms with Gasteiger partial charge in [-0.15, -0.1) is 0 Å². The van der Waals surface area contributed by atoms with Gasteiger partial charge in [0.2, 0.25) is 0 Å². The minimum Gasteiger partial charge on any atom is -0.414 e. The zero-order valence-electron chi connectivity index (χ0n) is 20.5. The predicted octanol–water partition coefficient (Wildman–Crippen LogP) is 3.65. The highest BCUT2D eigenvalue weighted by Gasteiger charge is 2.42. The van der Waals surface area contributed by atoms with E-state index in [4.69, 9.17) is 13.9 Å². The number of H-pyrrole nitrogens is 1. The first-order chi connectivity index (χ1) is 15.8. The van der Waals surface area contributed by atoms with Gasteiger partial charge in [-0.1, -0.05) is 32.9 Å². The van der Waals surface area contributed by atoms with E-state index in [1.54, 1.807) is 25.1 Å². The first kappa shape index (κ1) is 26.0. The Morgan fingerprint density at radius 1 is 1.26 bits per heavy atom. The van der Waals surface area contributed by atoms with Crippen molar-refractivity contribution in [2.75, 3.05) is 6.61 Å². The van der Waals surface area contributed by atoms with Crippen LogP contribution in [0, 0.1) is 17.0 Å². The molecule has 1 aliphatic heterocycles. The fourth-order valence-corrected chi connectivity index (χ4v) is 4.53. The number of nitrogens with one attached hydrogen (secondary N) is 1. The average molecular weight is 492 g/mol. The summed E-state index contributed by atoms with van der Waals surface area (Å²) in [5, 5.41) is 11.4. The van der Waals surface area contributed by atoms with Crippen LogP contribution >= 0.6 is 0 Å². The number of nitrogens with zero attached hydrogens (tertiary/aromatic N) is 2. The molecule has 0 amide bonds. The first-order valence-corrected chi connectivity index (χ1v) is 14.2. The van der Waals surface area contributed by atoms with Crippen LogP contribution in [0.5, 0.6) is 0 Å². The highest BCUT2D eigenvalue weighted by molar-refractivity contribution is 6.74. The normalized spacial score (nSPS) is 21.1. The Kier molecular flexibility index (Phi) is 7.61. The van der Waals surface area contributed by atoms with Crippen molar-refractivity contribution in [1.82, 2.24) is 9.55 Å². The Labute approximate surface area is 199 Å². The number of aryl methyl sites for hydroxylation is 1. The summed E-state index contributed by atoms with van der Waals surface area (Å²) < 4.78 is 20.0. The molecule has 0 saturated carbocycles. The van der Waals surface area contributed by atoms with E-state index in [2.05, 4.69) is 38.8 Å². The molecule has 0 spiro atoms. The maximum absolute atomic E-state index is 12.4. The van der Waals surface area contributed by atoms with Gasteiger partial charge in [-0.2, -0.15) is 0 Å². The summed E-state index contributed by atoms with van der Waals surface area (Å²) in [5.41, 5.74) is -0.177. The van der Waals surface area contributed by atoms with Crippen LogP contribution in [-0.2, 0) is 20.5 Å². The highest BCUT2D eigenvalue weighted by Crippen LogP contribution is 2.38. The molecule has 186 valence electrons. The lowest BCUT2D eigenvalue weighted by Gasteiger charge is -2.37. The summed E-state index contributed by atoms with van der Waals surface area (Å²) in [6, 6.07) is 6.42. The number of ether oxygens (including phenoxy) is 2. The van der Waals surface area contributed by atoms with Crippen LogP contribution in [0.3, 0.4) is 0 Å². The van der Waals surface area contributed by atoms with E-state index in [0.29, 0.717) is 17.5 Å². The molecule has 1 fully saturated rings. The third-order valence-corrected chi connectivity index (χ3v) is 11.2. The van der Waals surface area contributed by atoms with Gasteiger partial charge >= 0.3 is 5.69 Å². The number of aromatic amines is 1. The van der Waals surface area contributed by atoms with Gasteiger partial charge in [-0.05, 0) is 31.1 Å². The maximum Gasteiger partial charge on any atom is 0.330 e. The molecule has 0 radical (unpaired) electrons. The number of aromatic nitrogens is 2. The van der Waals surface area contributed by atoms with Crippen LogP contribution in [0.2, 0.25) is 18.1 Å². The van der Waals surface area contributed by atoms with Crippen molar-refractivity contribution in [3.05, 3.63) is 72.5 Å². The summed E-state index contributed by atoms with van der Waals surface area (Å²) in [6.45, 7) is 12.6. The molecular formula is C23H33N3O7Si. The minimum atomic E-state index is -2.08. The number of hydrogen-bond donors (Lipinski definition) is 1. The SMILES string of the molecule is Cc1cn([C@H]2C[C@H](OCc3ccccc3[N+](=O)[O-])[C@@H](CO[Si](C)(C)C(C)(C)C)O2)c(=O)[nH]c1=O. The lowest BCUT2D eigenvalue weighted by molar-refractivity contribution is -0.386. The zero-order chi connectivity index (χ0) is 25.3. The van der Waals surface area contributed by atoms with E-state index in [9.17, 15) is 19.7 Å². The summed E-state index contributed by atoms with van der Waals surface area (Å²) >= 11 is 0. The van der Waals surface area contributed by atoms with Crippen molar-refractivity contribution in [2.24, 2.45) is 0 Å². The monoisotopic (exact) mass is 491 g/mol. The van der Waals surface area contributed by atoms with Crippen LogP contribution in [0.4, 0.5) is 5.69 Å². The first-order valence-electron chi connectivity index (χ1n) is 11.3. The average Bonchev–Trinajstić information content (AvgIpc) is 3.15. The predicted molar refractivity (Wildman–Crippen MR) is 129 cm³/mol. The molecule has 0 bridgehead atoms. The topological polar surface area (TPSA) is 126 Å². The van der Waals surface area contributed by atoms with Crippen LogP contribution in [0.25, 0.3) is 0 Å². The van der Waals surface area contributed by atoms with Gasteiger partial charge in [0.25, 0.3) is 11.2 Å². The van der Waals surface area contributed by atoms with Gasteiger partial charge in [0.1, 0.15) is 12.3 Å². The van der Waals surface area contributed by atoms with Crippen molar-refractivity contribution in [1.29, 1.82) is 0 Å². The molecule has 3 atom stereocenters. The second kappa shape index (κ2) is 9.94. The van der Waals surface area contributed by atoms with E-state index < -0.39 is 42.9 Å². The largest absolute Gasteiger partial charge is 0.414 e. The minimum absolute atomic E-state index is 0.00101. The van der Waals surface area contributed by atoms with Crippen LogP contribution in [-0.4, -0.2) is 41.6 Å². The summed E-state index contributed by atoms with van der Waals surface area (Å²) in [5.74, 6) is 0. The number of nitro benzene ring substituents is 1. The Bertz CT molecular complexity index is 1150. The number of hydrogen-bond acceptors (Lipinski definition) is 7. The van der Waals surface area contributed by atoms with E-state index in [0.717, 1.165) is 0 Å². The number of para-hydroxylation sites is 1. The molecule has 10 nitrogen and oxygen atoms in total. The Morgan fingerprint density at radius 2 is 1.94 bits per heavy atom. The number of rotatable bonds is 8. The molecule has 2 heterocycles. The molecule has 2 aromatic rings. The third kappa shape index (κ3) is 5.72. The van der Waals surface area contributed by atoms with Crippen LogP contribution < -0.4 is 11.2 Å². The summed E-state index contributed by atoms with van der Waals surface area (Å²) in [4.78, 5) is 37.4. The molecule has 0 unspecified atom stereocenters.